The first-order chi connectivity index (χ1) is 11.1. The molecule has 1 N–H and O–H groups in total. The molecule has 1 aromatic carbocycles. The van der Waals surface area contributed by atoms with Crippen LogP contribution >= 0.6 is 23.2 Å². The van der Waals surface area contributed by atoms with Crippen molar-refractivity contribution in [3.8, 4) is 5.75 Å². The number of benzene rings is 1. The molecule has 1 aliphatic rings. The van der Waals surface area contributed by atoms with Crippen LogP contribution in [0, 0.1) is 11.8 Å². The van der Waals surface area contributed by atoms with E-state index in [4.69, 9.17) is 33.0 Å². The van der Waals surface area contributed by atoms with Crippen LogP contribution in [0.4, 0.5) is 13.2 Å². The maximum Gasteiger partial charge on any atom is 0.394 e. The summed E-state index contributed by atoms with van der Waals surface area (Å²) in [7, 11) is 0. The van der Waals surface area contributed by atoms with E-state index in [9.17, 15) is 22.8 Å². The molecule has 0 saturated carbocycles. The quantitative estimate of drug-likeness (QED) is 0.864. The molecule has 0 bridgehead atoms. The second kappa shape index (κ2) is 7.06. The van der Waals surface area contributed by atoms with Gasteiger partial charge in [-0.05, 0) is 18.2 Å². The fourth-order valence-corrected chi connectivity index (χ4v) is 2.88. The summed E-state index contributed by atoms with van der Waals surface area (Å²) in [6, 6.07) is 4.28. The Labute approximate surface area is 144 Å². The van der Waals surface area contributed by atoms with Gasteiger partial charge in [-0.3, -0.25) is 9.59 Å². The summed E-state index contributed by atoms with van der Waals surface area (Å²) in [4.78, 5) is 23.8. The first kappa shape index (κ1) is 18.7. The van der Waals surface area contributed by atoms with Crippen LogP contribution in [-0.4, -0.2) is 47.8 Å². The second-order valence-electron chi connectivity index (χ2n) is 5.25. The first-order valence-electron chi connectivity index (χ1n) is 6.74. The van der Waals surface area contributed by atoms with Crippen LogP contribution in [0.5, 0.6) is 5.75 Å². The number of nitrogens with zero attached hydrogens (tertiary/aromatic N) is 1. The second-order valence-corrected chi connectivity index (χ2v) is 6.10. The predicted molar refractivity (Wildman–Crippen MR) is 79.2 cm³/mol. The number of alkyl halides is 3. The Morgan fingerprint density at radius 3 is 2.46 bits per heavy atom. The number of hydrogen-bond donors (Lipinski definition) is 1. The number of ether oxygens (including phenoxy) is 1. The van der Waals surface area contributed by atoms with Crippen molar-refractivity contribution in [3.63, 3.8) is 0 Å². The molecule has 0 radical (unpaired) electrons. The molecule has 5 nitrogen and oxygen atoms in total. The third kappa shape index (κ3) is 4.24. The van der Waals surface area contributed by atoms with Crippen molar-refractivity contribution in [1.29, 1.82) is 0 Å². The van der Waals surface area contributed by atoms with Gasteiger partial charge in [-0.15, -0.1) is 0 Å². The molecule has 2 rings (SSSR count). The molecular weight excluding hydrogens is 374 g/mol. The number of carboxylic acid groups (broad SMARTS) is 1. The Morgan fingerprint density at radius 2 is 1.96 bits per heavy atom. The van der Waals surface area contributed by atoms with Gasteiger partial charge in [0.15, 0.2) is 6.61 Å². The number of carbonyl (C=O) groups excluding carboxylic acids is 1. The van der Waals surface area contributed by atoms with E-state index in [1.165, 1.54) is 18.2 Å². The van der Waals surface area contributed by atoms with Crippen molar-refractivity contribution in [2.75, 3.05) is 19.7 Å². The zero-order chi connectivity index (χ0) is 18.1. The van der Waals surface area contributed by atoms with Gasteiger partial charge in [0.25, 0.3) is 5.91 Å². The van der Waals surface area contributed by atoms with Gasteiger partial charge in [0.2, 0.25) is 0 Å². The van der Waals surface area contributed by atoms with Gasteiger partial charge in [-0.1, -0.05) is 23.2 Å². The molecule has 1 aliphatic heterocycles. The maximum absolute atomic E-state index is 12.9. The van der Waals surface area contributed by atoms with Crippen LogP contribution in [0.15, 0.2) is 18.2 Å². The minimum absolute atomic E-state index is 0.147. The zero-order valence-electron chi connectivity index (χ0n) is 12.0. The van der Waals surface area contributed by atoms with Crippen LogP contribution in [0.1, 0.15) is 0 Å². The smallest absolute Gasteiger partial charge is 0.394 e. The number of carbonyl (C=O) groups is 2. The van der Waals surface area contributed by atoms with Gasteiger partial charge in [0, 0.05) is 18.1 Å². The highest BCUT2D eigenvalue weighted by Crippen LogP contribution is 2.37. The summed E-state index contributed by atoms with van der Waals surface area (Å²) < 4.78 is 43.8. The molecule has 1 saturated heterocycles. The molecule has 1 aromatic rings. The molecule has 1 amide bonds. The van der Waals surface area contributed by atoms with Crippen molar-refractivity contribution in [2.45, 2.75) is 6.18 Å². The van der Waals surface area contributed by atoms with Gasteiger partial charge in [0.1, 0.15) is 5.75 Å². The molecule has 24 heavy (non-hydrogen) atoms. The molecule has 0 spiro atoms. The van der Waals surface area contributed by atoms with E-state index in [0.29, 0.717) is 5.02 Å². The SMILES string of the molecule is O=C(O)[C@@H]1CN(C(=O)COc2ccc(Cl)cc2Cl)C[C@H]1C(F)(F)F. The molecule has 2 atom stereocenters. The molecule has 10 heteroatoms. The summed E-state index contributed by atoms with van der Waals surface area (Å²) in [6.45, 7) is -1.79. The third-order valence-electron chi connectivity index (χ3n) is 3.66. The van der Waals surface area contributed by atoms with Gasteiger partial charge in [-0.25, -0.2) is 0 Å². The van der Waals surface area contributed by atoms with E-state index in [1.54, 1.807) is 0 Å². The maximum atomic E-state index is 12.9. The Bertz CT molecular complexity index is 653. The summed E-state index contributed by atoms with van der Waals surface area (Å²) in [5.74, 6) is -5.98. The van der Waals surface area contributed by atoms with Gasteiger partial charge >= 0.3 is 12.1 Å². The minimum atomic E-state index is -4.70. The molecular formula is C14H12Cl2F3NO4. The van der Waals surface area contributed by atoms with Crippen molar-refractivity contribution >= 4 is 35.1 Å². The van der Waals surface area contributed by atoms with Crippen molar-refractivity contribution in [1.82, 2.24) is 4.90 Å². The normalized spacial score (nSPS) is 21.0. The number of likely N-dealkylation sites (tertiary alicyclic amines) is 1. The fourth-order valence-electron chi connectivity index (χ4n) is 2.41. The summed E-state index contributed by atoms with van der Waals surface area (Å²) in [5, 5.41) is 9.42. The van der Waals surface area contributed by atoms with Gasteiger partial charge in [0.05, 0.1) is 16.9 Å². The van der Waals surface area contributed by atoms with Gasteiger partial charge in [-0.2, -0.15) is 13.2 Å². The number of rotatable bonds is 4. The molecule has 0 aliphatic carbocycles. The Morgan fingerprint density at radius 1 is 1.29 bits per heavy atom. The van der Waals surface area contributed by atoms with E-state index < -0.39 is 49.6 Å². The highest BCUT2D eigenvalue weighted by Gasteiger charge is 2.53. The minimum Gasteiger partial charge on any atom is -0.482 e. The lowest BCUT2D eigenvalue weighted by atomic mass is 9.96. The van der Waals surface area contributed by atoms with E-state index in [2.05, 4.69) is 0 Å². The number of amides is 1. The van der Waals surface area contributed by atoms with Crippen LogP contribution in [0.25, 0.3) is 0 Å². The standard InChI is InChI=1S/C14H12Cl2F3NO4/c15-7-1-2-11(10(16)3-7)24-6-12(21)20-4-8(13(22)23)9(5-20)14(17,18)19/h1-3,8-9H,4-6H2,(H,22,23)/t8-,9-/m1/s1. The topological polar surface area (TPSA) is 66.8 Å². The average Bonchev–Trinajstić information content (AvgIpc) is 2.91. The van der Waals surface area contributed by atoms with Crippen LogP contribution in [0.3, 0.4) is 0 Å². The molecule has 0 unspecified atom stereocenters. The molecule has 132 valence electrons. The first-order valence-corrected chi connectivity index (χ1v) is 7.50. The Hall–Kier alpha value is -1.67. The Balaban J connectivity index is 2.01. The largest absolute Gasteiger partial charge is 0.482 e. The van der Waals surface area contributed by atoms with Crippen molar-refractivity contribution in [2.24, 2.45) is 11.8 Å². The van der Waals surface area contributed by atoms with Gasteiger partial charge < -0.3 is 14.7 Å². The molecule has 1 fully saturated rings. The monoisotopic (exact) mass is 385 g/mol. The highest BCUT2D eigenvalue weighted by atomic mass is 35.5. The highest BCUT2D eigenvalue weighted by molar-refractivity contribution is 6.35. The van der Waals surface area contributed by atoms with Crippen LogP contribution in [-0.2, 0) is 9.59 Å². The molecule has 0 aromatic heterocycles. The predicted octanol–water partition coefficient (Wildman–Crippen LogP) is 3.09. The number of halogens is 5. The van der Waals surface area contributed by atoms with E-state index in [1.807, 2.05) is 0 Å². The lowest BCUT2D eigenvalue weighted by Gasteiger charge is -2.18. The van der Waals surface area contributed by atoms with Crippen molar-refractivity contribution in [3.05, 3.63) is 28.2 Å². The third-order valence-corrected chi connectivity index (χ3v) is 4.19. The summed E-state index contributed by atoms with van der Waals surface area (Å²) >= 11 is 11.6. The number of hydrogen-bond acceptors (Lipinski definition) is 3. The Kier molecular flexibility index (Phi) is 5.49. The fraction of sp³-hybridized carbons (Fsp3) is 0.429. The lowest BCUT2D eigenvalue weighted by molar-refractivity contribution is -0.188. The van der Waals surface area contributed by atoms with Crippen LogP contribution < -0.4 is 4.74 Å². The van der Waals surface area contributed by atoms with E-state index >= 15 is 0 Å². The number of carboxylic acids is 1. The summed E-state index contributed by atoms with van der Waals surface area (Å²) in [6.07, 6.45) is -4.70. The average molecular weight is 386 g/mol. The van der Waals surface area contributed by atoms with Crippen molar-refractivity contribution < 1.29 is 32.6 Å². The van der Waals surface area contributed by atoms with Crippen LogP contribution in [0.2, 0.25) is 10.0 Å². The molecule has 1 heterocycles. The zero-order valence-corrected chi connectivity index (χ0v) is 13.5. The lowest BCUT2D eigenvalue weighted by Crippen LogP contribution is -2.35. The number of aliphatic carboxylic acids is 1. The van der Waals surface area contributed by atoms with E-state index in [0.717, 1.165) is 4.90 Å². The van der Waals surface area contributed by atoms with E-state index in [-0.39, 0.29) is 10.8 Å². The summed E-state index contributed by atoms with van der Waals surface area (Å²) in [5.41, 5.74) is 0.